The molecule has 2 amide bonds. The summed E-state index contributed by atoms with van der Waals surface area (Å²) >= 11 is 0. The molecule has 0 aliphatic carbocycles. The van der Waals surface area contributed by atoms with E-state index >= 15 is 0 Å². The molecule has 0 radical (unpaired) electrons. The molecular formula is C24H21N7O2. The predicted molar refractivity (Wildman–Crippen MR) is 125 cm³/mol. The second-order valence-electron chi connectivity index (χ2n) is 7.53. The summed E-state index contributed by atoms with van der Waals surface area (Å²) in [4.78, 5) is 31.8. The van der Waals surface area contributed by atoms with Crippen LogP contribution in [-0.4, -0.2) is 36.6 Å². The number of hydrogen-bond donors (Lipinski definition) is 3. The van der Waals surface area contributed by atoms with E-state index in [2.05, 4.69) is 30.8 Å². The zero-order chi connectivity index (χ0) is 22.8. The lowest BCUT2D eigenvalue weighted by Crippen LogP contribution is -2.22. The molecule has 0 aliphatic heterocycles. The minimum atomic E-state index is -0.205. The van der Waals surface area contributed by atoms with Gasteiger partial charge in [-0.2, -0.15) is 14.8 Å². The number of hydrogen-bond acceptors (Lipinski definition) is 5. The zero-order valence-electron chi connectivity index (χ0n) is 17.9. The predicted octanol–water partition coefficient (Wildman–Crippen LogP) is 3.55. The van der Waals surface area contributed by atoms with Crippen molar-refractivity contribution in [2.75, 3.05) is 5.32 Å². The van der Waals surface area contributed by atoms with E-state index in [4.69, 9.17) is 0 Å². The number of nitrogens with zero attached hydrogens (tertiary/aromatic N) is 4. The summed E-state index contributed by atoms with van der Waals surface area (Å²) in [6.07, 6.45) is 5.63. The van der Waals surface area contributed by atoms with Crippen LogP contribution in [0, 0.1) is 0 Å². The molecular weight excluding hydrogens is 418 g/mol. The maximum absolute atomic E-state index is 12.6. The number of pyridine rings is 1. The topological polar surface area (TPSA) is 117 Å². The van der Waals surface area contributed by atoms with Gasteiger partial charge in [-0.3, -0.25) is 9.59 Å². The van der Waals surface area contributed by atoms with Crippen LogP contribution in [0.25, 0.3) is 27.7 Å². The van der Waals surface area contributed by atoms with Crippen molar-refractivity contribution in [3.63, 3.8) is 0 Å². The van der Waals surface area contributed by atoms with Gasteiger partial charge in [0.05, 0.1) is 18.3 Å². The molecule has 5 aromatic rings. The van der Waals surface area contributed by atoms with Crippen molar-refractivity contribution in [2.45, 2.75) is 19.9 Å². The Kier molecular flexibility index (Phi) is 5.27. The quantitative estimate of drug-likeness (QED) is 0.374. The first-order valence-corrected chi connectivity index (χ1v) is 10.6. The Bertz CT molecular complexity index is 1470. The van der Waals surface area contributed by atoms with Gasteiger partial charge in [0.1, 0.15) is 5.65 Å². The third-order valence-corrected chi connectivity index (χ3v) is 5.37. The minimum Gasteiger partial charge on any atom is -0.346 e. The molecule has 4 aromatic heterocycles. The van der Waals surface area contributed by atoms with Crippen LogP contribution < -0.4 is 10.6 Å². The minimum absolute atomic E-state index is 0.0700. The lowest BCUT2D eigenvalue weighted by Gasteiger charge is -2.06. The smallest absolute Gasteiger partial charge is 0.251 e. The average Bonchev–Trinajstić information content (AvgIpc) is 3.47. The number of amides is 2. The fourth-order valence-corrected chi connectivity index (χ4v) is 3.68. The summed E-state index contributed by atoms with van der Waals surface area (Å²) in [7, 11) is 0. The molecule has 5 rings (SSSR count). The van der Waals surface area contributed by atoms with Crippen molar-refractivity contribution in [1.82, 2.24) is 30.1 Å². The first kappa shape index (κ1) is 20.4. The van der Waals surface area contributed by atoms with E-state index in [0.29, 0.717) is 24.2 Å². The Hall–Kier alpha value is -4.53. The molecule has 164 valence electrons. The van der Waals surface area contributed by atoms with Gasteiger partial charge in [-0.25, -0.2) is 4.98 Å². The van der Waals surface area contributed by atoms with E-state index in [1.165, 1.54) is 0 Å². The Morgan fingerprint density at radius 1 is 1.03 bits per heavy atom. The zero-order valence-corrected chi connectivity index (χ0v) is 17.9. The summed E-state index contributed by atoms with van der Waals surface area (Å²) in [5, 5.41) is 15.2. The Balaban J connectivity index is 1.34. The number of rotatable bonds is 6. The van der Waals surface area contributed by atoms with Gasteiger partial charge in [0, 0.05) is 46.7 Å². The van der Waals surface area contributed by atoms with Gasteiger partial charge in [-0.05, 0) is 54.1 Å². The third kappa shape index (κ3) is 4.03. The Labute approximate surface area is 188 Å². The van der Waals surface area contributed by atoms with Gasteiger partial charge in [0.25, 0.3) is 5.91 Å². The fourth-order valence-electron chi connectivity index (χ4n) is 3.68. The molecule has 3 N–H and O–H groups in total. The van der Waals surface area contributed by atoms with Gasteiger partial charge in [-0.15, -0.1) is 0 Å². The van der Waals surface area contributed by atoms with E-state index in [1.54, 1.807) is 54.4 Å². The van der Waals surface area contributed by atoms with Crippen molar-refractivity contribution < 1.29 is 9.59 Å². The molecule has 0 fully saturated rings. The highest BCUT2D eigenvalue weighted by atomic mass is 16.2. The number of fused-ring (bicyclic) bond motifs is 2. The Morgan fingerprint density at radius 3 is 2.70 bits per heavy atom. The lowest BCUT2D eigenvalue weighted by molar-refractivity contribution is -0.115. The molecule has 0 bridgehead atoms. The summed E-state index contributed by atoms with van der Waals surface area (Å²) in [5.41, 5.74) is 5.59. The highest BCUT2D eigenvalue weighted by molar-refractivity contribution is 5.98. The number of aromatic nitrogens is 5. The molecule has 4 heterocycles. The maximum atomic E-state index is 12.6. The number of carbonyl (C=O) groups excluding carboxylic acids is 2. The fraction of sp³-hybridized carbons (Fsp3) is 0.125. The molecule has 0 unspecified atom stereocenters. The van der Waals surface area contributed by atoms with E-state index in [-0.39, 0.29) is 11.8 Å². The average molecular weight is 439 g/mol. The number of anilines is 1. The standard InChI is InChI=1S/C24H21N7O2/c1-2-22(32)29-16-7-5-15(6-8-16)24(33)26-13-17-12-19-18(9-11-25-23(19)30-17)20-14-28-31-21(20)4-3-10-27-31/h3-12,14H,2,13H2,1H3,(H,25,30)(H,26,33)(H,29,32). The van der Waals surface area contributed by atoms with Gasteiger partial charge in [-0.1, -0.05) is 6.92 Å². The lowest BCUT2D eigenvalue weighted by atomic mass is 10.1. The van der Waals surface area contributed by atoms with Gasteiger partial charge in [0.2, 0.25) is 5.91 Å². The molecule has 9 nitrogen and oxygen atoms in total. The summed E-state index contributed by atoms with van der Waals surface area (Å²) in [6, 6.07) is 14.6. The van der Waals surface area contributed by atoms with Crippen LogP contribution in [0.1, 0.15) is 29.4 Å². The van der Waals surface area contributed by atoms with Crippen LogP contribution in [-0.2, 0) is 11.3 Å². The number of nitrogens with one attached hydrogen (secondary N) is 3. The normalized spacial score (nSPS) is 11.1. The number of carbonyl (C=O) groups is 2. The highest BCUT2D eigenvalue weighted by Gasteiger charge is 2.14. The number of H-pyrrole nitrogens is 1. The first-order valence-electron chi connectivity index (χ1n) is 10.6. The number of benzene rings is 1. The van der Waals surface area contributed by atoms with Crippen molar-refractivity contribution in [3.8, 4) is 11.1 Å². The SMILES string of the molecule is CCC(=O)Nc1ccc(C(=O)NCc2cc3c(-c4cnn5ncccc45)ccnc3[nH]2)cc1. The van der Waals surface area contributed by atoms with Crippen LogP contribution in [0.2, 0.25) is 0 Å². The molecule has 0 atom stereocenters. The van der Waals surface area contributed by atoms with Gasteiger partial charge >= 0.3 is 0 Å². The van der Waals surface area contributed by atoms with Crippen LogP contribution in [0.5, 0.6) is 0 Å². The maximum Gasteiger partial charge on any atom is 0.251 e. The molecule has 9 heteroatoms. The monoisotopic (exact) mass is 439 g/mol. The molecule has 0 spiro atoms. The van der Waals surface area contributed by atoms with Crippen LogP contribution in [0.3, 0.4) is 0 Å². The second-order valence-corrected chi connectivity index (χ2v) is 7.53. The van der Waals surface area contributed by atoms with Crippen LogP contribution in [0.4, 0.5) is 5.69 Å². The van der Waals surface area contributed by atoms with E-state index in [9.17, 15) is 9.59 Å². The third-order valence-electron chi connectivity index (χ3n) is 5.37. The van der Waals surface area contributed by atoms with Crippen molar-refractivity contribution in [2.24, 2.45) is 0 Å². The summed E-state index contributed by atoms with van der Waals surface area (Å²) < 4.78 is 1.59. The first-order chi connectivity index (χ1) is 16.1. The summed E-state index contributed by atoms with van der Waals surface area (Å²) in [6.45, 7) is 2.11. The van der Waals surface area contributed by atoms with Crippen LogP contribution >= 0.6 is 0 Å². The molecule has 33 heavy (non-hydrogen) atoms. The summed E-state index contributed by atoms with van der Waals surface area (Å²) in [5.74, 6) is -0.275. The highest BCUT2D eigenvalue weighted by Crippen LogP contribution is 2.30. The van der Waals surface area contributed by atoms with E-state index < -0.39 is 0 Å². The largest absolute Gasteiger partial charge is 0.346 e. The molecule has 0 saturated carbocycles. The van der Waals surface area contributed by atoms with Gasteiger partial charge in [0.15, 0.2) is 0 Å². The van der Waals surface area contributed by atoms with Crippen molar-refractivity contribution in [1.29, 1.82) is 0 Å². The van der Waals surface area contributed by atoms with E-state index in [0.717, 1.165) is 33.4 Å². The Morgan fingerprint density at radius 2 is 1.88 bits per heavy atom. The van der Waals surface area contributed by atoms with Crippen LogP contribution in [0.15, 0.2) is 67.1 Å². The second kappa shape index (κ2) is 8.54. The van der Waals surface area contributed by atoms with Crippen molar-refractivity contribution in [3.05, 3.63) is 78.4 Å². The van der Waals surface area contributed by atoms with Gasteiger partial charge < -0.3 is 15.6 Å². The molecule has 0 aliphatic rings. The molecule has 0 saturated heterocycles. The number of aromatic amines is 1. The van der Waals surface area contributed by atoms with Crippen molar-refractivity contribution >= 4 is 34.1 Å². The molecule has 1 aromatic carbocycles. The van der Waals surface area contributed by atoms with E-state index in [1.807, 2.05) is 24.3 Å².